The largest absolute Gasteiger partial charge is 0.358 e. The molecule has 0 aliphatic rings. The third-order valence-electron chi connectivity index (χ3n) is 1.58. The molecule has 0 bridgehead atoms. The predicted molar refractivity (Wildman–Crippen MR) is 41.9 cm³/mol. The van der Waals surface area contributed by atoms with Crippen LogP contribution in [0, 0.1) is 13.0 Å². The molecule has 0 atom stereocenters. The molecule has 1 aromatic heterocycles. The summed E-state index contributed by atoms with van der Waals surface area (Å²) >= 11 is 0. The van der Waals surface area contributed by atoms with Gasteiger partial charge in [-0.1, -0.05) is 18.2 Å². The van der Waals surface area contributed by atoms with Gasteiger partial charge >= 0.3 is 0 Å². The normalized spacial score (nSPS) is 10.5. The Labute approximate surface area is 59.7 Å². The summed E-state index contributed by atoms with van der Waals surface area (Å²) in [7, 11) is 0. The van der Waals surface area contributed by atoms with Gasteiger partial charge in [-0.05, 0) is 13.0 Å². The molecule has 0 aliphatic carbocycles. The van der Waals surface area contributed by atoms with E-state index in [0.29, 0.717) is 0 Å². The molecule has 1 heterocycles. The lowest BCUT2D eigenvalue weighted by atomic mass is 10.2. The number of aromatic nitrogens is 1. The van der Waals surface area contributed by atoms with Gasteiger partial charge in [0.15, 0.2) is 0 Å². The van der Waals surface area contributed by atoms with Crippen LogP contribution < -0.4 is 0 Å². The summed E-state index contributed by atoms with van der Waals surface area (Å²) in [6.45, 7) is 2.05. The van der Waals surface area contributed by atoms with Crippen LogP contribution in [0.5, 0.6) is 0 Å². The van der Waals surface area contributed by atoms with Gasteiger partial charge in [-0.2, -0.15) is 0 Å². The van der Waals surface area contributed by atoms with E-state index in [1.165, 1.54) is 11.1 Å². The van der Waals surface area contributed by atoms with Crippen LogP contribution in [0.15, 0.2) is 24.3 Å². The summed E-state index contributed by atoms with van der Waals surface area (Å²) in [4.78, 5) is 3.20. The smallest absolute Gasteiger partial charge is 0.0536 e. The van der Waals surface area contributed by atoms with Crippen molar-refractivity contribution in [3.8, 4) is 0 Å². The second kappa shape index (κ2) is 1.87. The minimum Gasteiger partial charge on any atom is -0.358 e. The highest BCUT2D eigenvalue weighted by Gasteiger charge is 1.92. The molecule has 0 unspecified atom stereocenters. The van der Waals surface area contributed by atoms with Crippen molar-refractivity contribution in [3.63, 3.8) is 0 Å². The van der Waals surface area contributed by atoms with Crippen LogP contribution in [0.4, 0.5) is 0 Å². The molecule has 0 saturated heterocycles. The van der Waals surface area contributed by atoms with Gasteiger partial charge in [-0.3, -0.25) is 0 Å². The average Bonchev–Trinajstić information content (AvgIpc) is 2.27. The number of rotatable bonds is 0. The highest BCUT2D eigenvalue weighted by atomic mass is 14.7. The van der Waals surface area contributed by atoms with Crippen LogP contribution >= 0.6 is 0 Å². The van der Waals surface area contributed by atoms with Crippen LogP contribution in [-0.4, -0.2) is 4.98 Å². The minimum atomic E-state index is 1.10. The minimum absolute atomic E-state index is 1.10. The van der Waals surface area contributed by atoms with E-state index in [4.69, 9.17) is 0 Å². The molecule has 0 amide bonds. The van der Waals surface area contributed by atoms with E-state index >= 15 is 0 Å². The Morgan fingerprint density at radius 3 is 3.20 bits per heavy atom. The molecule has 0 aliphatic heterocycles. The lowest BCUT2D eigenvalue weighted by molar-refractivity contribution is 1.30. The molecule has 1 heteroatoms. The molecule has 1 radical (unpaired) electrons. The molecular formula is C9H8N. The summed E-state index contributed by atoms with van der Waals surface area (Å²) in [5, 5.41) is 1.24. The standard InChI is InChI=1S/C9H8N/c1-7-6-8-4-2-3-5-9(8)10-7/h2-4,6,10H,1H3. The van der Waals surface area contributed by atoms with Crippen molar-refractivity contribution in [3.05, 3.63) is 36.0 Å². The van der Waals surface area contributed by atoms with Crippen molar-refractivity contribution in [2.24, 2.45) is 0 Å². The molecule has 1 nitrogen and oxygen atoms in total. The van der Waals surface area contributed by atoms with Crippen LogP contribution in [-0.2, 0) is 0 Å². The van der Waals surface area contributed by atoms with Crippen LogP contribution in [0.25, 0.3) is 10.9 Å². The van der Waals surface area contributed by atoms with Gasteiger partial charge in [0.2, 0.25) is 0 Å². The van der Waals surface area contributed by atoms with Crippen LogP contribution in [0.2, 0.25) is 0 Å². The Kier molecular flexibility index (Phi) is 1.04. The van der Waals surface area contributed by atoms with Gasteiger partial charge in [0, 0.05) is 17.1 Å². The van der Waals surface area contributed by atoms with E-state index in [-0.39, 0.29) is 0 Å². The maximum Gasteiger partial charge on any atom is 0.0536 e. The lowest BCUT2D eigenvalue weighted by Crippen LogP contribution is -1.66. The van der Waals surface area contributed by atoms with Crippen LogP contribution in [0.1, 0.15) is 5.69 Å². The zero-order valence-corrected chi connectivity index (χ0v) is 5.81. The first-order chi connectivity index (χ1) is 4.86. The fraction of sp³-hybridized carbons (Fsp3) is 0.111. The Morgan fingerprint density at radius 1 is 1.50 bits per heavy atom. The molecule has 0 fully saturated rings. The molecule has 2 rings (SSSR count). The first-order valence-electron chi connectivity index (χ1n) is 3.32. The van der Waals surface area contributed by atoms with Crippen molar-refractivity contribution in [2.75, 3.05) is 0 Å². The molecule has 1 N–H and O–H groups in total. The summed E-state index contributed by atoms with van der Waals surface area (Å²) in [5.74, 6) is 0. The van der Waals surface area contributed by atoms with Crippen molar-refractivity contribution < 1.29 is 0 Å². The Morgan fingerprint density at radius 2 is 2.40 bits per heavy atom. The van der Waals surface area contributed by atoms with E-state index < -0.39 is 0 Å². The highest BCUT2D eigenvalue weighted by molar-refractivity contribution is 5.79. The molecule has 0 spiro atoms. The highest BCUT2D eigenvalue weighted by Crippen LogP contribution is 2.12. The Bertz CT molecular complexity index is 313. The number of H-pyrrole nitrogens is 1. The van der Waals surface area contributed by atoms with E-state index in [1.54, 1.807) is 0 Å². The number of aryl methyl sites for hydroxylation is 1. The number of hydrogen-bond acceptors (Lipinski definition) is 0. The maximum atomic E-state index is 3.20. The van der Waals surface area contributed by atoms with E-state index in [2.05, 4.69) is 23.2 Å². The van der Waals surface area contributed by atoms with Gasteiger partial charge in [-0.25, -0.2) is 0 Å². The number of benzene rings is 1. The first kappa shape index (κ1) is 5.54. The van der Waals surface area contributed by atoms with Crippen LogP contribution in [0.3, 0.4) is 0 Å². The zero-order chi connectivity index (χ0) is 6.97. The third kappa shape index (κ3) is 0.711. The predicted octanol–water partition coefficient (Wildman–Crippen LogP) is 2.28. The van der Waals surface area contributed by atoms with E-state index in [0.717, 1.165) is 5.52 Å². The molecule has 49 valence electrons. The number of fused-ring (bicyclic) bond motifs is 1. The van der Waals surface area contributed by atoms with Crippen molar-refractivity contribution in [1.82, 2.24) is 4.98 Å². The lowest BCUT2D eigenvalue weighted by Gasteiger charge is -1.82. The Balaban J connectivity index is 2.88. The number of hydrogen-bond donors (Lipinski definition) is 1. The Hall–Kier alpha value is -1.24. The molecule has 2 aromatic rings. The molecular weight excluding hydrogens is 122 g/mol. The SMILES string of the molecule is Cc1cc2ccc[c]c2[nH]1. The summed E-state index contributed by atoms with van der Waals surface area (Å²) in [6.07, 6.45) is 0. The second-order valence-corrected chi connectivity index (χ2v) is 2.45. The van der Waals surface area contributed by atoms with E-state index in [1.807, 2.05) is 19.1 Å². The zero-order valence-electron chi connectivity index (χ0n) is 5.81. The molecule has 1 aromatic carbocycles. The molecule has 0 saturated carbocycles. The average molecular weight is 130 g/mol. The fourth-order valence-corrected chi connectivity index (χ4v) is 1.14. The summed E-state index contributed by atoms with van der Waals surface area (Å²) < 4.78 is 0. The number of aromatic amines is 1. The van der Waals surface area contributed by atoms with Crippen molar-refractivity contribution >= 4 is 10.9 Å². The van der Waals surface area contributed by atoms with Gasteiger partial charge < -0.3 is 4.98 Å². The third-order valence-corrected chi connectivity index (χ3v) is 1.58. The van der Waals surface area contributed by atoms with Crippen molar-refractivity contribution in [2.45, 2.75) is 6.92 Å². The van der Waals surface area contributed by atoms with Gasteiger partial charge in [0.1, 0.15) is 0 Å². The monoisotopic (exact) mass is 130 g/mol. The number of nitrogens with one attached hydrogen (secondary N) is 1. The quantitative estimate of drug-likeness (QED) is 0.563. The maximum absolute atomic E-state index is 3.20. The topological polar surface area (TPSA) is 15.8 Å². The first-order valence-corrected chi connectivity index (χ1v) is 3.32. The second-order valence-electron chi connectivity index (χ2n) is 2.45. The van der Waals surface area contributed by atoms with Gasteiger partial charge in [0.25, 0.3) is 0 Å². The van der Waals surface area contributed by atoms with E-state index in [9.17, 15) is 0 Å². The van der Waals surface area contributed by atoms with Gasteiger partial charge in [-0.15, -0.1) is 0 Å². The summed E-state index contributed by atoms with van der Waals surface area (Å²) in [6, 6.07) is 11.2. The van der Waals surface area contributed by atoms with Crippen molar-refractivity contribution in [1.29, 1.82) is 0 Å². The summed E-state index contributed by atoms with van der Waals surface area (Å²) in [5.41, 5.74) is 2.29. The number of para-hydroxylation sites is 1. The fourth-order valence-electron chi connectivity index (χ4n) is 1.14. The molecule has 10 heavy (non-hydrogen) atoms. The van der Waals surface area contributed by atoms with Gasteiger partial charge in [0.05, 0.1) is 5.52 Å².